The normalized spacial score (nSPS) is 23.4. The number of ether oxygens (including phenoxy) is 2. The molecule has 0 bridgehead atoms. The molecule has 0 saturated carbocycles. The van der Waals surface area contributed by atoms with Crippen LogP contribution < -0.4 is 5.73 Å². The summed E-state index contributed by atoms with van der Waals surface area (Å²) in [5, 5.41) is 0. The second kappa shape index (κ2) is 7.82. The standard InChI is InChI=1S/C18H25FN2O4/c1-18(2,3)25-16(22)14-13(9-19)10-21(15(14)20)17(23)24-11-12-7-5-4-6-8-12/h4-8,13-15H,9-11,20H2,1-3H3/t13-,14+,15?/m1/s1. The van der Waals surface area contributed by atoms with Crippen LogP contribution >= 0.6 is 0 Å². The van der Waals surface area contributed by atoms with Gasteiger partial charge in [-0.2, -0.15) is 0 Å². The number of esters is 1. The largest absolute Gasteiger partial charge is 0.460 e. The molecule has 1 amide bonds. The van der Waals surface area contributed by atoms with Crippen LogP contribution in [-0.4, -0.2) is 41.9 Å². The van der Waals surface area contributed by atoms with E-state index in [2.05, 4.69) is 0 Å². The summed E-state index contributed by atoms with van der Waals surface area (Å²) in [7, 11) is 0. The number of carbonyl (C=O) groups excluding carboxylic acids is 2. The fourth-order valence-electron chi connectivity index (χ4n) is 2.81. The Bertz CT molecular complexity index is 603. The Morgan fingerprint density at radius 2 is 1.92 bits per heavy atom. The molecular weight excluding hydrogens is 327 g/mol. The monoisotopic (exact) mass is 352 g/mol. The second-order valence-corrected chi connectivity index (χ2v) is 7.16. The van der Waals surface area contributed by atoms with Crippen LogP contribution in [0.2, 0.25) is 0 Å². The lowest BCUT2D eigenvalue weighted by atomic mass is 9.95. The van der Waals surface area contributed by atoms with Crippen molar-refractivity contribution in [2.45, 2.75) is 39.1 Å². The second-order valence-electron chi connectivity index (χ2n) is 7.16. The molecule has 0 radical (unpaired) electrons. The average molecular weight is 352 g/mol. The first kappa shape index (κ1) is 19.2. The molecular formula is C18H25FN2O4. The van der Waals surface area contributed by atoms with E-state index in [0.29, 0.717) is 0 Å². The van der Waals surface area contributed by atoms with Gasteiger partial charge in [0.2, 0.25) is 0 Å². The van der Waals surface area contributed by atoms with Crippen molar-refractivity contribution in [3.05, 3.63) is 35.9 Å². The summed E-state index contributed by atoms with van der Waals surface area (Å²) in [5.74, 6) is -2.20. The minimum absolute atomic E-state index is 0.0230. The lowest BCUT2D eigenvalue weighted by Gasteiger charge is -2.26. The van der Waals surface area contributed by atoms with Crippen molar-refractivity contribution in [1.29, 1.82) is 0 Å². The maximum Gasteiger partial charge on any atom is 0.411 e. The minimum atomic E-state index is -0.973. The first-order valence-corrected chi connectivity index (χ1v) is 8.24. The zero-order valence-corrected chi connectivity index (χ0v) is 14.8. The molecule has 2 rings (SSSR count). The van der Waals surface area contributed by atoms with Gasteiger partial charge in [-0.05, 0) is 26.3 Å². The van der Waals surface area contributed by atoms with Crippen molar-refractivity contribution in [3.8, 4) is 0 Å². The Balaban J connectivity index is 2.02. The van der Waals surface area contributed by atoms with Gasteiger partial charge in [0.25, 0.3) is 0 Å². The van der Waals surface area contributed by atoms with E-state index >= 15 is 0 Å². The number of nitrogens with zero attached hydrogens (tertiary/aromatic N) is 1. The summed E-state index contributed by atoms with van der Waals surface area (Å²) in [5.41, 5.74) is 6.16. The molecule has 1 unspecified atom stereocenters. The number of carbonyl (C=O) groups is 2. The van der Waals surface area contributed by atoms with E-state index in [-0.39, 0.29) is 13.2 Å². The third-order valence-corrected chi connectivity index (χ3v) is 3.98. The van der Waals surface area contributed by atoms with Gasteiger partial charge in [0.05, 0.1) is 18.8 Å². The maximum absolute atomic E-state index is 13.4. The van der Waals surface area contributed by atoms with Crippen molar-refractivity contribution < 1.29 is 23.5 Å². The molecule has 1 heterocycles. The molecule has 0 spiro atoms. The highest BCUT2D eigenvalue weighted by Crippen LogP contribution is 2.31. The van der Waals surface area contributed by atoms with Crippen LogP contribution in [0.4, 0.5) is 9.18 Å². The lowest BCUT2D eigenvalue weighted by Crippen LogP contribution is -2.47. The summed E-state index contributed by atoms with van der Waals surface area (Å²) in [6.45, 7) is 4.51. The van der Waals surface area contributed by atoms with Gasteiger partial charge in [-0.15, -0.1) is 0 Å². The van der Waals surface area contributed by atoms with E-state index in [1.807, 2.05) is 30.3 Å². The van der Waals surface area contributed by atoms with Crippen molar-refractivity contribution in [2.24, 2.45) is 17.6 Å². The van der Waals surface area contributed by atoms with E-state index < -0.39 is 42.3 Å². The fourth-order valence-corrected chi connectivity index (χ4v) is 2.81. The third kappa shape index (κ3) is 4.92. The van der Waals surface area contributed by atoms with Gasteiger partial charge in [0.15, 0.2) is 0 Å². The topological polar surface area (TPSA) is 81.9 Å². The van der Waals surface area contributed by atoms with Gasteiger partial charge in [-0.3, -0.25) is 14.1 Å². The smallest absolute Gasteiger partial charge is 0.411 e. The van der Waals surface area contributed by atoms with Gasteiger partial charge < -0.3 is 15.2 Å². The molecule has 0 aliphatic carbocycles. The molecule has 1 saturated heterocycles. The molecule has 1 aliphatic heterocycles. The molecule has 1 aromatic carbocycles. The number of hydrogen-bond donors (Lipinski definition) is 1. The van der Waals surface area contributed by atoms with Crippen LogP contribution in [0.25, 0.3) is 0 Å². The molecule has 6 nitrogen and oxygen atoms in total. The van der Waals surface area contributed by atoms with Crippen LogP contribution in [0.15, 0.2) is 30.3 Å². The third-order valence-electron chi connectivity index (χ3n) is 3.98. The number of amides is 1. The number of alkyl halides is 1. The number of nitrogens with two attached hydrogens (primary N) is 1. The predicted octanol–water partition coefficient (Wildman–Crippen LogP) is 2.47. The Kier molecular flexibility index (Phi) is 6.00. The van der Waals surface area contributed by atoms with Crippen molar-refractivity contribution in [2.75, 3.05) is 13.2 Å². The number of hydrogen-bond acceptors (Lipinski definition) is 5. The zero-order valence-electron chi connectivity index (χ0n) is 14.8. The Morgan fingerprint density at radius 1 is 1.28 bits per heavy atom. The Morgan fingerprint density at radius 3 is 2.48 bits per heavy atom. The summed E-state index contributed by atoms with van der Waals surface area (Å²) in [6, 6.07) is 9.18. The van der Waals surface area contributed by atoms with Gasteiger partial charge >= 0.3 is 12.1 Å². The van der Waals surface area contributed by atoms with Gasteiger partial charge in [0.1, 0.15) is 12.2 Å². The summed E-state index contributed by atoms with van der Waals surface area (Å²) < 4.78 is 23.9. The van der Waals surface area contributed by atoms with E-state index in [9.17, 15) is 14.0 Å². The first-order valence-electron chi connectivity index (χ1n) is 8.24. The molecule has 0 aromatic heterocycles. The molecule has 1 aliphatic rings. The minimum Gasteiger partial charge on any atom is -0.460 e. The molecule has 7 heteroatoms. The van der Waals surface area contributed by atoms with Crippen molar-refractivity contribution >= 4 is 12.1 Å². The van der Waals surface area contributed by atoms with Crippen LogP contribution in [-0.2, 0) is 20.9 Å². The number of halogens is 1. The summed E-state index contributed by atoms with van der Waals surface area (Å²) in [6.07, 6.45) is -1.64. The van der Waals surface area contributed by atoms with Gasteiger partial charge in [-0.1, -0.05) is 30.3 Å². The average Bonchev–Trinajstić information content (AvgIpc) is 2.89. The fraction of sp³-hybridized carbons (Fsp3) is 0.556. The first-order chi connectivity index (χ1) is 11.7. The highest BCUT2D eigenvalue weighted by Gasteiger charge is 2.48. The van der Waals surface area contributed by atoms with Gasteiger partial charge in [-0.25, -0.2) is 4.79 Å². The predicted molar refractivity (Wildman–Crippen MR) is 90.1 cm³/mol. The highest BCUT2D eigenvalue weighted by atomic mass is 19.1. The summed E-state index contributed by atoms with van der Waals surface area (Å²) >= 11 is 0. The van der Waals surface area contributed by atoms with E-state index in [0.717, 1.165) is 5.56 Å². The van der Waals surface area contributed by atoms with Crippen molar-refractivity contribution in [3.63, 3.8) is 0 Å². The van der Waals surface area contributed by atoms with Crippen molar-refractivity contribution in [1.82, 2.24) is 4.90 Å². The molecule has 138 valence electrons. The van der Waals surface area contributed by atoms with E-state index in [1.165, 1.54) is 4.90 Å². The Hall–Kier alpha value is -2.15. The number of rotatable bonds is 4. The number of likely N-dealkylation sites (tertiary alicyclic amines) is 1. The quantitative estimate of drug-likeness (QED) is 0.842. The molecule has 2 N–H and O–H groups in total. The zero-order chi connectivity index (χ0) is 18.6. The SMILES string of the molecule is CC(C)(C)OC(=O)[C@@H]1C(N)N(C(=O)OCc2ccccc2)C[C@H]1CF. The molecule has 1 fully saturated rings. The van der Waals surface area contributed by atoms with Crippen LogP contribution in [0.1, 0.15) is 26.3 Å². The van der Waals surface area contributed by atoms with Gasteiger partial charge in [0, 0.05) is 12.5 Å². The van der Waals surface area contributed by atoms with Crippen LogP contribution in [0, 0.1) is 11.8 Å². The van der Waals surface area contributed by atoms with Crippen LogP contribution in [0.3, 0.4) is 0 Å². The van der Waals surface area contributed by atoms with Crippen LogP contribution in [0.5, 0.6) is 0 Å². The highest BCUT2D eigenvalue weighted by molar-refractivity contribution is 5.77. The molecule has 3 atom stereocenters. The lowest BCUT2D eigenvalue weighted by molar-refractivity contribution is -0.162. The van der Waals surface area contributed by atoms with E-state index in [1.54, 1.807) is 20.8 Å². The summed E-state index contributed by atoms with van der Waals surface area (Å²) in [4.78, 5) is 25.8. The number of benzene rings is 1. The Labute approximate surface area is 147 Å². The molecule has 1 aromatic rings. The maximum atomic E-state index is 13.4. The molecule has 25 heavy (non-hydrogen) atoms. The van der Waals surface area contributed by atoms with E-state index in [4.69, 9.17) is 15.2 Å².